The molecular formula is C33H25ClN2O3. The van der Waals surface area contributed by atoms with Crippen LogP contribution in [0.5, 0.6) is 0 Å². The minimum absolute atomic E-state index is 0.220. The van der Waals surface area contributed by atoms with Crippen molar-refractivity contribution in [3.63, 3.8) is 0 Å². The average molecular weight is 533 g/mol. The van der Waals surface area contributed by atoms with Gasteiger partial charge in [0.15, 0.2) is 0 Å². The van der Waals surface area contributed by atoms with Crippen molar-refractivity contribution in [3.8, 4) is 0 Å². The van der Waals surface area contributed by atoms with Gasteiger partial charge in [0.05, 0.1) is 11.8 Å². The summed E-state index contributed by atoms with van der Waals surface area (Å²) in [4.78, 5) is 43.7. The number of hydrogen-bond acceptors (Lipinski definition) is 3. The fourth-order valence-electron chi connectivity index (χ4n) is 6.94. The molecule has 2 bridgehead atoms. The third kappa shape index (κ3) is 3.72. The van der Waals surface area contributed by atoms with Crippen molar-refractivity contribution in [2.24, 2.45) is 11.8 Å². The highest BCUT2D eigenvalue weighted by molar-refractivity contribution is 6.31. The molecule has 39 heavy (non-hydrogen) atoms. The lowest BCUT2D eigenvalue weighted by Gasteiger charge is -2.45. The van der Waals surface area contributed by atoms with E-state index in [4.69, 9.17) is 11.6 Å². The number of carbonyl (C=O) groups is 3. The van der Waals surface area contributed by atoms with E-state index in [1.807, 2.05) is 54.6 Å². The molecule has 3 amide bonds. The summed E-state index contributed by atoms with van der Waals surface area (Å²) in [6.45, 7) is 0. The topological polar surface area (TPSA) is 66.5 Å². The normalized spacial score (nSPS) is 23.2. The molecule has 1 fully saturated rings. The van der Waals surface area contributed by atoms with Crippen LogP contribution in [0.15, 0.2) is 103 Å². The van der Waals surface area contributed by atoms with Crippen molar-refractivity contribution in [2.45, 2.75) is 24.3 Å². The first-order valence-electron chi connectivity index (χ1n) is 13.2. The van der Waals surface area contributed by atoms with Crippen molar-refractivity contribution in [1.29, 1.82) is 0 Å². The van der Waals surface area contributed by atoms with Gasteiger partial charge in [-0.25, -0.2) is 0 Å². The summed E-state index contributed by atoms with van der Waals surface area (Å²) in [5, 5.41) is 3.39. The second kappa shape index (κ2) is 9.21. The van der Waals surface area contributed by atoms with Gasteiger partial charge in [0.1, 0.15) is 6.04 Å². The van der Waals surface area contributed by atoms with Crippen LogP contribution in [0.2, 0.25) is 5.02 Å². The molecular weight excluding hydrogens is 508 g/mol. The predicted molar refractivity (Wildman–Crippen MR) is 149 cm³/mol. The van der Waals surface area contributed by atoms with Crippen LogP contribution in [0, 0.1) is 11.8 Å². The van der Waals surface area contributed by atoms with Crippen molar-refractivity contribution in [3.05, 3.63) is 136 Å². The van der Waals surface area contributed by atoms with Crippen molar-refractivity contribution < 1.29 is 14.4 Å². The number of nitrogens with one attached hydrogen (secondary N) is 1. The third-order valence-corrected chi connectivity index (χ3v) is 8.70. The summed E-state index contributed by atoms with van der Waals surface area (Å²) >= 11 is 6.15. The number of carbonyl (C=O) groups excluding carboxylic acids is 3. The van der Waals surface area contributed by atoms with Crippen LogP contribution in [-0.2, 0) is 20.8 Å². The Morgan fingerprint density at radius 2 is 1.23 bits per heavy atom. The Kier molecular flexibility index (Phi) is 5.64. The van der Waals surface area contributed by atoms with Crippen molar-refractivity contribution in [2.75, 3.05) is 5.32 Å². The van der Waals surface area contributed by atoms with Gasteiger partial charge in [-0.05, 0) is 46.0 Å². The maximum atomic E-state index is 14.3. The molecule has 0 aromatic heterocycles. The molecule has 1 saturated heterocycles. The van der Waals surface area contributed by atoms with E-state index in [2.05, 4.69) is 29.6 Å². The number of rotatable bonds is 5. The number of likely N-dealkylation sites (tertiary alicyclic amines) is 1. The molecule has 192 valence electrons. The Labute approximate surface area is 231 Å². The van der Waals surface area contributed by atoms with E-state index in [1.165, 1.54) is 4.90 Å². The molecule has 4 aromatic carbocycles. The van der Waals surface area contributed by atoms with Gasteiger partial charge in [-0.15, -0.1) is 0 Å². The lowest BCUT2D eigenvalue weighted by Crippen LogP contribution is -2.49. The Morgan fingerprint density at radius 1 is 0.718 bits per heavy atom. The highest BCUT2D eigenvalue weighted by atomic mass is 35.5. The highest BCUT2D eigenvalue weighted by Gasteiger charge is 2.63. The fraction of sp³-hybridized carbons (Fsp3) is 0.182. The van der Waals surface area contributed by atoms with Crippen LogP contribution < -0.4 is 5.32 Å². The third-order valence-electron chi connectivity index (χ3n) is 8.46. The highest BCUT2D eigenvalue weighted by Crippen LogP contribution is 2.61. The zero-order valence-electron chi connectivity index (χ0n) is 21.0. The van der Waals surface area contributed by atoms with Gasteiger partial charge in [-0.3, -0.25) is 19.3 Å². The minimum atomic E-state index is -0.998. The largest absolute Gasteiger partial charge is 0.324 e. The Balaban J connectivity index is 1.31. The number of benzene rings is 4. The zero-order valence-corrected chi connectivity index (χ0v) is 21.7. The number of halogens is 1. The predicted octanol–water partition coefficient (Wildman–Crippen LogP) is 5.78. The standard InChI is InChI=1S/C33H25ClN2O3/c34-20-11-8-12-21(18-20)35-31(37)26(17-19-9-2-1-3-10-19)36-32(38)29-27-22-13-4-5-14-23(22)28(30(29)33(36)39)25-16-7-6-15-24(25)27/h1-16,18,26-30H,17H2,(H,35,37)/t26-,27?,28?,29-,30-/m0/s1. The summed E-state index contributed by atoms with van der Waals surface area (Å²) < 4.78 is 0. The van der Waals surface area contributed by atoms with Gasteiger partial charge in [-0.2, -0.15) is 0 Å². The molecule has 4 aromatic rings. The van der Waals surface area contributed by atoms with Crippen LogP contribution in [0.4, 0.5) is 5.69 Å². The van der Waals surface area contributed by atoms with Crippen LogP contribution >= 0.6 is 11.6 Å². The maximum absolute atomic E-state index is 14.3. The average Bonchev–Trinajstić information content (AvgIpc) is 3.22. The monoisotopic (exact) mass is 532 g/mol. The second-order valence-electron chi connectivity index (χ2n) is 10.5. The quantitative estimate of drug-likeness (QED) is 0.331. The number of anilines is 1. The van der Waals surface area contributed by atoms with Gasteiger partial charge in [0.2, 0.25) is 17.7 Å². The Bertz CT molecular complexity index is 1520. The number of amides is 3. The molecule has 0 unspecified atom stereocenters. The maximum Gasteiger partial charge on any atom is 0.248 e. The molecule has 1 aliphatic heterocycles. The number of hydrogen-bond donors (Lipinski definition) is 1. The van der Waals surface area contributed by atoms with E-state index in [9.17, 15) is 14.4 Å². The Morgan fingerprint density at radius 3 is 1.74 bits per heavy atom. The molecule has 0 spiro atoms. The first-order chi connectivity index (χ1) is 19.0. The van der Waals surface area contributed by atoms with Crippen LogP contribution in [0.25, 0.3) is 0 Å². The van der Waals surface area contributed by atoms with Crippen molar-refractivity contribution >= 4 is 35.0 Å². The molecule has 8 rings (SSSR count). The van der Waals surface area contributed by atoms with Gasteiger partial charge in [0, 0.05) is 29.0 Å². The van der Waals surface area contributed by atoms with Gasteiger partial charge >= 0.3 is 0 Å². The minimum Gasteiger partial charge on any atom is -0.324 e. The number of nitrogens with zero attached hydrogens (tertiary/aromatic N) is 1. The van der Waals surface area contributed by atoms with Crippen molar-refractivity contribution in [1.82, 2.24) is 4.90 Å². The van der Waals surface area contributed by atoms with E-state index in [-0.39, 0.29) is 30.1 Å². The molecule has 4 aliphatic rings. The lowest BCUT2D eigenvalue weighted by atomic mass is 9.55. The summed E-state index contributed by atoms with van der Waals surface area (Å²) in [5.41, 5.74) is 5.81. The Hall–Kier alpha value is -4.22. The molecule has 6 heteroatoms. The summed E-state index contributed by atoms with van der Waals surface area (Å²) in [5.74, 6) is -2.47. The molecule has 0 saturated carbocycles. The molecule has 5 nitrogen and oxygen atoms in total. The lowest BCUT2D eigenvalue weighted by molar-refractivity contribution is -0.146. The van der Waals surface area contributed by atoms with E-state index in [0.717, 1.165) is 27.8 Å². The first kappa shape index (κ1) is 23.9. The SMILES string of the molecule is O=C(Nc1cccc(Cl)c1)[C@H](Cc1ccccc1)N1C(=O)[C@H]2C3c4ccccc4C(c4ccccc43)[C@@H]2C1=O. The molecule has 1 N–H and O–H groups in total. The zero-order chi connectivity index (χ0) is 26.7. The van der Waals surface area contributed by atoms with Gasteiger partial charge in [-0.1, -0.05) is 96.5 Å². The fourth-order valence-corrected chi connectivity index (χ4v) is 7.13. The van der Waals surface area contributed by atoms with Crippen LogP contribution in [-0.4, -0.2) is 28.7 Å². The van der Waals surface area contributed by atoms with E-state index < -0.39 is 23.8 Å². The summed E-state index contributed by atoms with van der Waals surface area (Å²) in [6, 6.07) is 31.6. The van der Waals surface area contributed by atoms with Gasteiger partial charge in [0.25, 0.3) is 0 Å². The summed E-state index contributed by atoms with van der Waals surface area (Å²) in [6.07, 6.45) is 0.222. The molecule has 3 aliphatic carbocycles. The smallest absolute Gasteiger partial charge is 0.248 e. The van der Waals surface area contributed by atoms with Crippen LogP contribution in [0.1, 0.15) is 39.7 Å². The molecule has 3 atom stereocenters. The first-order valence-corrected chi connectivity index (χ1v) is 13.6. The van der Waals surface area contributed by atoms with Crippen LogP contribution in [0.3, 0.4) is 0 Å². The van der Waals surface area contributed by atoms with Gasteiger partial charge < -0.3 is 5.32 Å². The summed E-state index contributed by atoms with van der Waals surface area (Å²) in [7, 11) is 0. The molecule has 1 heterocycles. The van der Waals surface area contributed by atoms with E-state index in [0.29, 0.717) is 10.7 Å². The second-order valence-corrected chi connectivity index (χ2v) is 11.0. The molecule has 0 radical (unpaired) electrons. The van der Waals surface area contributed by atoms with E-state index in [1.54, 1.807) is 24.3 Å². The van der Waals surface area contributed by atoms with E-state index >= 15 is 0 Å². The number of imide groups is 1.